The number of rotatable bonds is 10. The predicted molar refractivity (Wildman–Crippen MR) is 144 cm³/mol. The second kappa shape index (κ2) is 17.2. The van der Waals surface area contributed by atoms with E-state index in [1.165, 1.54) is 0 Å². The van der Waals surface area contributed by atoms with Gasteiger partial charge in [-0.1, -0.05) is 23.7 Å². The normalized spacial score (nSPS) is 20.7. The Morgan fingerprint density at radius 1 is 1.20 bits per heavy atom. The number of carboxylic acids is 1. The van der Waals surface area contributed by atoms with Gasteiger partial charge in [-0.25, -0.2) is 14.4 Å². The van der Waals surface area contributed by atoms with Crippen LogP contribution in [0.1, 0.15) is 43.8 Å². The van der Waals surface area contributed by atoms with Gasteiger partial charge in [0.1, 0.15) is 0 Å². The van der Waals surface area contributed by atoms with Crippen molar-refractivity contribution in [1.29, 1.82) is 0 Å². The van der Waals surface area contributed by atoms with Crippen molar-refractivity contribution in [3.8, 4) is 0 Å². The second-order valence-corrected chi connectivity index (χ2v) is 10.4. The number of likely N-dealkylation sites (tertiary alicyclic amines) is 1. The van der Waals surface area contributed by atoms with Crippen LogP contribution in [-0.2, 0) is 14.3 Å². The Bertz CT molecular complexity index is 983. The number of hydrogen-bond donors (Lipinski definition) is 5. The number of halogens is 4. The number of nitrogens with two attached hydrogens (primary N) is 1. The average molecular weight is 611 g/mol. The molecule has 232 valence electrons. The predicted octanol–water partition coefficient (Wildman–Crippen LogP) is 3.86. The molecule has 3 rings (SSSR count). The fourth-order valence-electron chi connectivity index (χ4n) is 4.81. The number of ether oxygens (including phenoxy) is 2. The van der Waals surface area contributed by atoms with Crippen LogP contribution in [0.4, 0.5) is 22.8 Å². The van der Waals surface area contributed by atoms with Crippen LogP contribution in [0.15, 0.2) is 24.3 Å². The SMILES string of the molecule is N[C@H](CNC(=O)N1CCC[C@@H]([C@@H](OCCNC(=O)O)c2cccc(Cl)c2)C1)C[C@H]1CCCOC1.O=C(O)C(F)(F)F. The highest BCUT2D eigenvalue weighted by atomic mass is 35.5. The quantitative estimate of drug-likeness (QED) is 0.249. The molecule has 0 aromatic heterocycles. The Labute approximate surface area is 241 Å². The van der Waals surface area contributed by atoms with Crippen LogP contribution in [0.3, 0.4) is 0 Å². The molecule has 2 aliphatic heterocycles. The van der Waals surface area contributed by atoms with Crippen LogP contribution < -0.4 is 16.4 Å². The highest BCUT2D eigenvalue weighted by molar-refractivity contribution is 6.30. The first-order valence-corrected chi connectivity index (χ1v) is 13.7. The van der Waals surface area contributed by atoms with Crippen molar-refractivity contribution in [3.05, 3.63) is 34.9 Å². The van der Waals surface area contributed by atoms with Crippen LogP contribution >= 0.6 is 11.6 Å². The van der Waals surface area contributed by atoms with Gasteiger partial charge in [-0.05, 0) is 55.7 Å². The number of nitrogens with zero attached hydrogens (tertiary/aromatic N) is 1. The summed E-state index contributed by atoms with van der Waals surface area (Å²) in [6.45, 7) is 3.65. The summed E-state index contributed by atoms with van der Waals surface area (Å²) in [4.78, 5) is 34.4. The first-order chi connectivity index (χ1) is 19.4. The highest BCUT2D eigenvalue weighted by Crippen LogP contribution is 2.34. The number of alkyl halides is 3. The van der Waals surface area contributed by atoms with Gasteiger partial charge in [-0.3, -0.25) is 0 Å². The van der Waals surface area contributed by atoms with Crippen LogP contribution in [0.25, 0.3) is 0 Å². The summed E-state index contributed by atoms with van der Waals surface area (Å²) in [6.07, 6.45) is -1.66. The van der Waals surface area contributed by atoms with Crippen LogP contribution in [0, 0.1) is 11.8 Å². The lowest BCUT2D eigenvalue weighted by Crippen LogP contribution is -2.49. The molecule has 15 heteroatoms. The largest absolute Gasteiger partial charge is 0.490 e. The van der Waals surface area contributed by atoms with Crippen molar-refractivity contribution in [2.45, 2.75) is 50.4 Å². The summed E-state index contributed by atoms with van der Waals surface area (Å²) >= 11 is 6.21. The molecule has 0 spiro atoms. The standard InChI is InChI=1S/C24H37ClN4O5.C2HF3O2/c25-20-7-1-5-18(13-20)22(34-11-8-27-24(31)32)19-6-2-9-29(15-19)23(30)28-14-21(26)12-17-4-3-10-33-16-17;3-2(4,5)1(6)7/h1,5,7,13,17,19,21-22,27H,2-4,6,8-12,14-16,26H2,(H,28,30)(H,31,32);(H,6,7)/t17-,19-,21+,22+;/m1./s1. The molecular weight excluding hydrogens is 573 g/mol. The van der Waals surface area contributed by atoms with E-state index in [9.17, 15) is 22.8 Å². The maximum absolute atomic E-state index is 12.9. The molecular formula is C26H38ClF3N4O7. The molecule has 6 N–H and O–H groups in total. The molecule has 0 saturated carbocycles. The summed E-state index contributed by atoms with van der Waals surface area (Å²) < 4.78 is 43.4. The minimum atomic E-state index is -5.08. The van der Waals surface area contributed by atoms with E-state index in [2.05, 4.69) is 10.6 Å². The number of nitrogens with one attached hydrogen (secondary N) is 2. The van der Waals surface area contributed by atoms with Crippen molar-refractivity contribution < 1.29 is 47.2 Å². The minimum Gasteiger partial charge on any atom is -0.475 e. The van der Waals surface area contributed by atoms with E-state index < -0.39 is 18.2 Å². The number of urea groups is 1. The summed E-state index contributed by atoms with van der Waals surface area (Å²) in [5.74, 6) is -2.23. The van der Waals surface area contributed by atoms with E-state index in [1.807, 2.05) is 23.1 Å². The lowest BCUT2D eigenvalue weighted by Gasteiger charge is -2.37. The number of carbonyl (C=O) groups is 3. The summed E-state index contributed by atoms with van der Waals surface area (Å²) in [5.41, 5.74) is 7.19. The molecule has 0 radical (unpaired) electrons. The third kappa shape index (κ3) is 13.1. The van der Waals surface area contributed by atoms with Crippen molar-refractivity contribution in [3.63, 3.8) is 0 Å². The number of benzene rings is 1. The summed E-state index contributed by atoms with van der Waals surface area (Å²) in [5, 5.41) is 21.9. The van der Waals surface area contributed by atoms with Gasteiger partial charge in [0, 0.05) is 56.4 Å². The zero-order valence-electron chi connectivity index (χ0n) is 22.6. The van der Waals surface area contributed by atoms with Gasteiger partial charge in [0.15, 0.2) is 0 Å². The highest BCUT2D eigenvalue weighted by Gasteiger charge is 2.38. The fraction of sp³-hybridized carbons (Fsp3) is 0.654. The smallest absolute Gasteiger partial charge is 0.475 e. The number of carbonyl (C=O) groups excluding carboxylic acids is 1. The number of piperidine rings is 1. The Balaban J connectivity index is 0.000000745. The first kappa shape index (κ1) is 34.4. The molecule has 41 heavy (non-hydrogen) atoms. The average Bonchev–Trinajstić information content (AvgIpc) is 2.92. The molecule has 0 aliphatic carbocycles. The maximum atomic E-state index is 12.9. The molecule has 1 aromatic rings. The fourth-order valence-corrected chi connectivity index (χ4v) is 5.01. The van der Waals surface area contributed by atoms with E-state index in [1.54, 1.807) is 6.07 Å². The van der Waals surface area contributed by atoms with Gasteiger partial charge < -0.3 is 41.0 Å². The molecule has 11 nitrogen and oxygen atoms in total. The number of hydrogen-bond acceptors (Lipinski definition) is 6. The van der Waals surface area contributed by atoms with Crippen LogP contribution in [-0.4, -0.2) is 91.4 Å². The molecule has 2 fully saturated rings. The Hall–Kier alpha value is -2.81. The molecule has 0 unspecified atom stereocenters. The van der Waals surface area contributed by atoms with Crippen molar-refractivity contribution in [2.75, 3.05) is 46.0 Å². The zero-order valence-corrected chi connectivity index (χ0v) is 23.3. The molecule has 1 aromatic carbocycles. The topological polar surface area (TPSA) is 163 Å². The molecule has 0 bridgehead atoms. The van der Waals surface area contributed by atoms with E-state index in [0.717, 1.165) is 50.9 Å². The molecule has 2 saturated heterocycles. The molecule has 2 aliphatic rings. The van der Waals surface area contributed by atoms with Gasteiger partial charge in [0.05, 0.1) is 12.7 Å². The van der Waals surface area contributed by atoms with E-state index in [4.69, 9.17) is 41.8 Å². The second-order valence-electron chi connectivity index (χ2n) is 9.99. The molecule has 4 atom stereocenters. The molecule has 2 heterocycles. The Kier molecular flexibility index (Phi) is 14.4. The number of carboxylic acid groups (broad SMARTS) is 2. The minimum absolute atomic E-state index is 0.0656. The van der Waals surface area contributed by atoms with Crippen molar-refractivity contribution in [1.82, 2.24) is 15.5 Å². The van der Waals surface area contributed by atoms with Crippen molar-refractivity contribution in [2.24, 2.45) is 17.6 Å². The van der Waals surface area contributed by atoms with Gasteiger partial charge in [0.25, 0.3) is 0 Å². The lowest BCUT2D eigenvalue weighted by atomic mass is 9.88. The molecule has 3 amide bonds. The van der Waals surface area contributed by atoms with E-state index in [0.29, 0.717) is 30.6 Å². The summed E-state index contributed by atoms with van der Waals surface area (Å²) in [7, 11) is 0. The van der Waals surface area contributed by atoms with E-state index >= 15 is 0 Å². The van der Waals surface area contributed by atoms with Crippen LogP contribution in [0.2, 0.25) is 5.02 Å². The monoisotopic (exact) mass is 610 g/mol. The third-order valence-corrected chi connectivity index (χ3v) is 6.91. The lowest BCUT2D eigenvalue weighted by molar-refractivity contribution is -0.192. The van der Waals surface area contributed by atoms with E-state index in [-0.39, 0.29) is 37.2 Å². The maximum Gasteiger partial charge on any atom is 0.490 e. The van der Waals surface area contributed by atoms with Gasteiger partial charge in [-0.2, -0.15) is 13.2 Å². The Morgan fingerprint density at radius 3 is 2.54 bits per heavy atom. The Morgan fingerprint density at radius 2 is 1.93 bits per heavy atom. The summed E-state index contributed by atoms with van der Waals surface area (Å²) in [6, 6.07) is 7.28. The van der Waals surface area contributed by atoms with Crippen LogP contribution in [0.5, 0.6) is 0 Å². The van der Waals surface area contributed by atoms with Gasteiger partial charge in [-0.15, -0.1) is 0 Å². The first-order valence-electron chi connectivity index (χ1n) is 13.4. The van der Waals surface area contributed by atoms with Crippen molar-refractivity contribution >= 4 is 29.7 Å². The van der Waals surface area contributed by atoms with Gasteiger partial charge in [0.2, 0.25) is 0 Å². The number of amides is 3. The third-order valence-electron chi connectivity index (χ3n) is 6.67. The zero-order chi connectivity index (χ0) is 30.4. The number of aliphatic carboxylic acids is 1. The van der Waals surface area contributed by atoms with Gasteiger partial charge >= 0.3 is 24.3 Å².